The van der Waals surface area contributed by atoms with E-state index in [-0.39, 0.29) is 20.3 Å². The molecule has 0 saturated heterocycles. The second-order valence-electron chi connectivity index (χ2n) is 5.06. The van der Waals surface area contributed by atoms with Crippen molar-refractivity contribution in [2.24, 2.45) is 0 Å². The van der Waals surface area contributed by atoms with Gasteiger partial charge in [0.25, 0.3) is 0 Å². The minimum atomic E-state index is 0. The van der Waals surface area contributed by atoms with Crippen LogP contribution >= 0.6 is 0 Å². The average molecular weight is 262 g/mol. The third kappa shape index (κ3) is 9.43. The van der Waals surface area contributed by atoms with Gasteiger partial charge in [-0.2, -0.15) is 0 Å². The van der Waals surface area contributed by atoms with Crippen LogP contribution in [-0.4, -0.2) is 29.8 Å². The smallest absolute Gasteiger partial charge is 1.00 e. The largest absolute Gasteiger partial charge is 1.00 e. The van der Waals surface area contributed by atoms with Crippen LogP contribution in [0.15, 0.2) is 12.4 Å². The Morgan fingerprint density at radius 2 is 1.58 bits per heavy atom. The zero-order chi connectivity index (χ0) is 13.1. The normalized spacial score (nSPS) is 14.0. The van der Waals surface area contributed by atoms with Crippen LogP contribution in [0.5, 0.6) is 0 Å². The summed E-state index contributed by atoms with van der Waals surface area (Å²) in [4.78, 5) is 7.75. The van der Waals surface area contributed by atoms with Crippen LogP contribution in [0.1, 0.15) is 66.6 Å². The van der Waals surface area contributed by atoms with Gasteiger partial charge in [-0.1, -0.05) is 51.9 Å². The average Bonchev–Trinajstić information content (AvgIpc) is 2.81. The molecule has 0 aromatic carbocycles. The fourth-order valence-electron chi connectivity index (χ4n) is 2.29. The fourth-order valence-corrected chi connectivity index (χ4v) is 2.29. The molecule has 1 heterocycles. The van der Waals surface area contributed by atoms with Crippen molar-refractivity contribution in [1.82, 2.24) is 9.96 Å². The van der Waals surface area contributed by atoms with Crippen LogP contribution in [0.2, 0.25) is 0 Å². The van der Waals surface area contributed by atoms with E-state index in [4.69, 9.17) is 4.84 Å². The Labute approximate surface area is 133 Å². The molecule has 0 radical (unpaired) electrons. The molecule has 0 N–H and O–H groups in total. The number of hydroxylamine groups is 2. The van der Waals surface area contributed by atoms with Crippen molar-refractivity contribution in [2.75, 3.05) is 19.8 Å². The first-order chi connectivity index (χ1) is 8.86. The maximum absolute atomic E-state index is 5.42. The van der Waals surface area contributed by atoms with Crippen LogP contribution in [0, 0.1) is 0 Å². The Morgan fingerprint density at radius 3 is 2.21 bits per heavy atom. The first kappa shape index (κ1) is 18.9. The second kappa shape index (κ2) is 12.9. The van der Waals surface area contributed by atoms with Crippen LogP contribution < -0.4 is 18.9 Å². The van der Waals surface area contributed by atoms with E-state index in [1.165, 1.54) is 51.4 Å². The van der Waals surface area contributed by atoms with Crippen molar-refractivity contribution < 1.29 is 25.1 Å². The van der Waals surface area contributed by atoms with Crippen LogP contribution in [0.4, 0.5) is 0 Å². The Hall–Kier alpha value is -0.103. The van der Waals surface area contributed by atoms with E-state index in [0.29, 0.717) is 0 Å². The molecule has 1 aliphatic heterocycles. The van der Waals surface area contributed by atoms with Gasteiger partial charge >= 0.3 is 18.9 Å². The first-order valence-electron chi connectivity index (χ1n) is 7.68. The molecule has 0 fully saturated rings. The van der Waals surface area contributed by atoms with Gasteiger partial charge in [0.15, 0.2) is 0 Å². The van der Waals surface area contributed by atoms with Crippen LogP contribution in [-0.2, 0) is 4.84 Å². The molecule has 108 valence electrons. The summed E-state index contributed by atoms with van der Waals surface area (Å²) in [6.07, 6.45) is 15.2. The van der Waals surface area contributed by atoms with Gasteiger partial charge in [0, 0.05) is 18.9 Å². The number of rotatable bonds is 11. The fraction of sp³-hybridized carbons (Fsp3) is 0.867. The summed E-state index contributed by atoms with van der Waals surface area (Å²) in [7, 11) is 0. The molecule has 0 saturated carbocycles. The van der Waals surface area contributed by atoms with E-state index < -0.39 is 0 Å². The molecule has 1 rings (SSSR count). The number of nitrogens with zero attached hydrogens (tertiary/aromatic N) is 2. The minimum Gasteiger partial charge on any atom is -1.00 e. The SMILES string of the molecule is CCCCCCCCCCN1C=CN(OCC)C1.[H-].[Li+]. The van der Waals surface area contributed by atoms with Crippen molar-refractivity contribution in [1.29, 1.82) is 0 Å². The van der Waals surface area contributed by atoms with Gasteiger partial charge in [0.2, 0.25) is 0 Å². The quantitative estimate of drug-likeness (QED) is 0.411. The number of hydrogen-bond donors (Lipinski definition) is 0. The molecule has 0 aromatic rings. The summed E-state index contributed by atoms with van der Waals surface area (Å²) in [5.41, 5.74) is 0. The molecule has 0 spiro atoms. The third-order valence-corrected chi connectivity index (χ3v) is 3.36. The zero-order valence-electron chi connectivity index (χ0n) is 14.2. The van der Waals surface area contributed by atoms with Gasteiger partial charge in [-0.25, -0.2) is 5.06 Å². The monoisotopic (exact) mass is 262 g/mol. The Bertz CT molecular complexity index is 230. The predicted octanol–water partition coefficient (Wildman–Crippen LogP) is 1.24. The first-order valence-corrected chi connectivity index (χ1v) is 7.68. The van der Waals surface area contributed by atoms with Gasteiger partial charge in [0.05, 0.1) is 6.61 Å². The molecular weight excluding hydrogens is 231 g/mol. The van der Waals surface area contributed by atoms with Crippen molar-refractivity contribution in [3.63, 3.8) is 0 Å². The topological polar surface area (TPSA) is 15.7 Å². The van der Waals surface area contributed by atoms with Crippen molar-refractivity contribution in [3.8, 4) is 0 Å². The van der Waals surface area contributed by atoms with Gasteiger partial charge in [-0.15, -0.1) is 0 Å². The molecule has 0 atom stereocenters. The van der Waals surface area contributed by atoms with Crippen LogP contribution in [0.3, 0.4) is 0 Å². The van der Waals surface area contributed by atoms with Crippen molar-refractivity contribution >= 4 is 0 Å². The van der Waals surface area contributed by atoms with E-state index in [0.717, 1.165) is 19.8 Å². The van der Waals surface area contributed by atoms with Gasteiger partial charge in [0.1, 0.15) is 6.67 Å². The summed E-state index contributed by atoms with van der Waals surface area (Å²) in [5.74, 6) is 0. The molecule has 0 amide bonds. The summed E-state index contributed by atoms with van der Waals surface area (Å²) in [5, 5.41) is 1.91. The van der Waals surface area contributed by atoms with Gasteiger partial charge < -0.3 is 6.33 Å². The van der Waals surface area contributed by atoms with E-state index in [9.17, 15) is 0 Å². The number of unbranched alkanes of at least 4 members (excludes halogenated alkanes) is 7. The Morgan fingerprint density at radius 1 is 0.947 bits per heavy atom. The zero-order valence-corrected chi connectivity index (χ0v) is 13.2. The minimum absolute atomic E-state index is 0. The standard InChI is InChI=1S/C15H30N2O.Li.H/c1-3-5-6-7-8-9-10-11-12-16-13-14-17(15-16)18-4-2;;/h13-14H,3-12,15H2,1-2H3;;/q;+1;-1. The molecule has 3 nitrogen and oxygen atoms in total. The molecule has 0 unspecified atom stereocenters. The molecule has 0 bridgehead atoms. The van der Waals surface area contributed by atoms with E-state index in [2.05, 4.69) is 18.0 Å². The van der Waals surface area contributed by atoms with E-state index >= 15 is 0 Å². The molecule has 4 heteroatoms. The Balaban J connectivity index is 0. The maximum atomic E-state index is 5.42. The molecule has 19 heavy (non-hydrogen) atoms. The summed E-state index contributed by atoms with van der Waals surface area (Å²) < 4.78 is 0. The summed E-state index contributed by atoms with van der Waals surface area (Å²) in [6.45, 7) is 7.10. The summed E-state index contributed by atoms with van der Waals surface area (Å²) >= 11 is 0. The van der Waals surface area contributed by atoms with E-state index in [1.807, 2.05) is 18.2 Å². The Kier molecular flexibility index (Phi) is 12.8. The molecule has 1 aliphatic rings. The molecule has 0 aromatic heterocycles. The molecular formula is C15H31LiN2O. The third-order valence-electron chi connectivity index (χ3n) is 3.36. The van der Waals surface area contributed by atoms with E-state index in [1.54, 1.807) is 0 Å². The van der Waals surface area contributed by atoms with Crippen LogP contribution in [0.25, 0.3) is 0 Å². The summed E-state index contributed by atoms with van der Waals surface area (Å²) in [6, 6.07) is 0. The predicted molar refractivity (Wildman–Crippen MR) is 77.9 cm³/mol. The van der Waals surface area contributed by atoms with Gasteiger partial charge in [-0.3, -0.25) is 4.84 Å². The molecule has 0 aliphatic carbocycles. The number of hydrogen-bond acceptors (Lipinski definition) is 3. The van der Waals surface area contributed by atoms with Gasteiger partial charge in [-0.05, 0) is 13.3 Å². The second-order valence-corrected chi connectivity index (χ2v) is 5.06. The van der Waals surface area contributed by atoms with Crippen molar-refractivity contribution in [3.05, 3.63) is 12.4 Å². The van der Waals surface area contributed by atoms with Crippen molar-refractivity contribution in [2.45, 2.75) is 65.2 Å². The maximum Gasteiger partial charge on any atom is 1.00 e.